The van der Waals surface area contributed by atoms with Crippen LogP contribution in [0.15, 0.2) is 47.6 Å². The lowest BCUT2D eigenvalue weighted by Crippen LogP contribution is -2.36. The van der Waals surface area contributed by atoms with Crippen LogP contribution < -0.4 is 15.8 Å². The Morgan fingerprint density at radius 1 is 1.32 bits per heavy atom. The number of para-hydroxylation sites is 2. The maximum Gasteiger partial charge on any atom is 0.318 e. The number of primary amides is 1. The number of carbonyl (C=O) groups is 2. The van der Waals surface area contributed by atoms with Gasteiger partial charge in [-0.1, -0.05) is 23.9 Å². The number of aromatic nitrogens is 2. The number of thioether (sulfide) groups is 1. The average molecular weight is 401 g/mol. The quantitative estimate of drug-likeness (QED) is 0.366. The number of urea groups is 1. The second-order valence-electron chi connectivity index (χ2n) is 5.53. The molecule has 3 rings (SSSR count). The summed E-state index contributed by atoms with van der Waals surface area (Å²) in [5.74, 6) is -0.144. The van der Waals surface area contributed by atoms with E-state index in [-0.39, 0.29) is 11.4 Å². The molecule has 1 heterocycles. The number of amides is 3. The molecular weight excluding hydrogens is 386 g/mol. The Morgan fingerprint density at radius 3 is 2.75 bits per heavy atom. The Hall–Kier alpha value is -3.60. The molecular formula is C17H15N5O5S. The summed E-state index contributed by atoms with van der Waals surface area (Å²) in [6.07, 6.45) is 0. The van der Waals surface area contributed by atoms with E-state index in [0.29, 0.717) is 27.6 Å². The largest absolute Gasteiger partial charge is 0.495 e. The minimum absolute atomic E-state index is 0.0970. The van der Waals surface area contributed by atoms with Crippen molar-refractivity contribution in [2.75, 3.05) is 12.9 Å². The normalized spacial score (nSPS) is 10.6. The molecule has 0 bridgehead atoms. The highest BCUT2D eigenvalue weighted by molar-refractivity contribution is 7.99. The van der Waals surface area contributed by atoms with E-state index in [1.165, 1.54) is 19.2 Å². The molecule has 2 aromatic carbocycles. The molecule has 0 spiro atoms. The van der Waals surface area contributed by atoms with E-state index >= 15 is 0 Å². The number of fused-ring (bicyclic) bond motifs is 1. The molecule has 3 aromatic rings. The molecule has 0 fully saturated rings. The van der Waals surface area contributed by atoms with Crippen LogP contribution in [0.5, 0.6) is 5.75 Å². The number of imide groups is 1. The molecule has 144 valence electrons. The first kappa shape index (κ1) is 19.2. The molecule has 0 aliphatic heterocycles. The summed E-state index contributed by atoms with van der Waals surface area (Å²) in [5, 5.41) is 13.5. The number of rotatable bonds is 6. The standard InChI is InChI=1S/C17H15N5O5S/c1-27-14-5-3-2-4-13(14)21-12-7-6-10(22(25)26)8-11(12)19-17(21)28-9-15(23)20-16(18)24/h2-8H,9H2,1H3,(H3,18,20,23,24). The van der Waals surface area contributed by atoms with Crippen LogP contribution in [-0.4, -0.2) is 39.3 Å². The summed E-state index contributed by atoms with van der Waals surface area (Å²) in [5.41, 5.74) is 6.49. The lowest BCUT2D eigenvalue weighted by molar-refractivity contribution is -0.384. The zero-order valence-electron chi connectivity index (χ0n) is 14.6. The Balaban J connectivity index is 2.11. The van der Waals surface area contributed by atoms with Gasteiger partial charge in [0.2, 0.25) is 5.91 Å². The van der Waals surface area contributed by atoms with Crippen molar-refractivity contribution in [3.05, 3.63) is 52.6 Å². The van der Waals surface area contributed by atoms with Gasteiger partial charge in [0.1, 0.15) is 5.75 Å². The van der Waals surface area contributed by atoms with Crippen LogP contribution in [0.25, 0.3) is 16.7 Å². The fourth-order valence-electron chi connectivity index (χ4n) is 2.61. The highest BCUT2D eigenvalue weighted by Crippen LogP contribution is 2.33. The maximum atomic E-state index is 11.8. The summed E-state index contributed by atoms with van der Waals surface area (Å²) >= 11 is 1.06. The number of nitro benzene ring substituents is 1. The van der Waals surface area contributed by atoms with Crippen molar-refractivity contribution in [2.45, 2.75) is 5.16 Å². The molecule has 3 amide bonds. The van der Waals surface area contributed by atoms with Crippen LogP contribution in [0.3, 0.4) is 0 Å². The Bertz CT molecular complexity index is 1080. The van der Waals surface area contributed by atoms with E-state index in [2.05, 4.69) is 4.98 Å². The van der Waals surface area contributed by atoms with E-state index in [0.717, 1.165) is 11.8 Å². The number of methoxy groups -OCH3 is 1. The van der Waals surface area contributed by atoms with Crippen LogP contribution in [0.1, 0.15) is 0 Å². The number of nitrogens with two attached hydrogens (primary N) is 1. The molecule has 11 heteroatoms. The summed E-state index contributed by atoms with van der Waals surface area (Å²) in [7, 11) is 1.52. The molecule has 0 unspecified atom stereocenters. The van der Waals surface area contributed by atoms with Gasteiger partial charge in [-0.25, -0.2) is 9.78 Å². The van der Waals surface area contributed by atoms with Crippen molar-refractivity contribution in [1.82, 2.24) is 14.9 Å². The Kier molecular flexibility index (Phi) is 5.45. The van der Waals surface area contributed by atoms with Gasteiger partial charge in [0.15, 0.2) is 5.16 Å². The smallest absolute Gasteiger partial charge is 0.318 e. The SMILES string of the molecule is COc1ccccc1-n1c(SCC(=O)NC(N)=O)nc2cc([N+](=O)[O-])ccc21. The Labute approximate surface area is 162 Å². The number of nitrogens with zero attached hydrogens (tertiary/aromatic N) is 3. The molecule has 0 saturated heterocycles. The highest BCUT2D eigenvalue weighted by atomic mass is 32.2. The first-order valence-electron chi connectivity index (χ1n) is 7.93. The predicted octanol–water partition coefficient (Wildman–Crippen LogP) is 2.23. The summed E-state index contributed by atoms with van der Waals surface area (Å²) in [6.45, 7) is 0. The van der Waals surface area contributed by atoms with Crippen LogP contribution in [0, 0.1) is 10.1 Å². The van der Waals surface area contributed by atoms with Crippen LogP contribution in [0.4, 0.5) is 10.5 Å². The highest BCUT2D eigenvalue weighted by Gasteiger charge is 2.19. The van der Waals surface area contributed by atoms with Crippen molar-refractivity contribution in [1.29, 1.82) is 0 Å². The summed E-state index contributed by atoms with van der Waals surface area (Å²) < 4.78 is 7.14. The van der Waals surface area contributed by atoms with Gasteiger partial charge in [0.25, 0.3) is 5.69 Å². The lowest BCUT2D eigenvalue weighted by atomic mass is 10.2. The van der Waals surface area contributed by atoms with Crippen LogP contribution >= 0.6 is 11.8 Å². The molecule has 0 radical (unpaired) electrons. The molecule has 28 heavy (non-hydrogen) atoms. The number of ether oxygens (including phenoxy) is 1. The van der Waals surface area contributed by atoms with Gasteiger partial charge < -0.3 is 10.5 Å². The van der Waals surface area contributed by atoms with Gasteiger partial charge >= 0.3 is 6.03 Å². The zero-order valence-corrected chi connectivity index (χ0v) is 15.4. The number of nitrogens with one attached hydrogen (secondary N) is 1. The van der Waals surface area contributed by atoms with Gasteiger partial charge in [0.05, 0.1) is 34.5 Å². The molecule has 1 aromatic heterocycles. The third-order valence-corrected chi connectivity index (χ3v) is 4.68. The van der Waals surface area contributed by atoms with E-state index in [9.17, 15) is 19.7 Å². The molecule has 0 aliphatic carbocycles. The summed E-state index contributed by atoms with van der Waals surface area (Å²) in [6, 6.07) is 10.6. The first-order chi connectivity index (χ1) is 13.4. The lowest BCUT2D eigenvalue weighted by Gasteiger charge is -2.12. The van der Waals surface area contributed by atoms with Gasteiger partial charge in [-0.15, -0.1) is 0 Å². The average Bonchev–Trinajstić information content (AvgIpc) is 3.03. The number of imidazole rings is 1. The van der Waals surface area contributed by atoms with Crippen LogP contribution in [0.2, 0.25) is 0 Å². The van der Waals surface area contributed by atoms with Crippen molar-refractivity contribution in [3.8, 4) is 11.4 Å². The number of benzene rings is 2. The maximum absolute atomic E-state index is 11.8. The van der Waals surface area contributed by atoms with E-state index in [1.807, 2.05) is 11.4 Å². The van der Waals surface area contributed by atoms with Crippen LogP contribution in [-0.2, 0) is 4.79 Å². The molecule has 3 N–H and O–H groups in total. The minimum atomic E-state index is -0.945. The van der Waals surface area contributed by atoms with Crippen molar-refractivity contribution >= 4 is 40.4 Å². The van der Waals surface area contributed by atoms with Gasteiger partial charge in [-0.2, -0.15) is 0 Å². The minimum Gasteiger partial charge on any atom is -0.495 e. The topological polar surface area (TPSA) is 142 Å². The number of carbonyl (C=O) groups excluding carboxylic acids is 2. The van der Waals surface area contributed by atoms with E-state index in [1.54, 1.807) is 28.8 Å². The number of nitro groups is 1. The number of hydrogen-bond acceptors (Lipinski definition) is 7. The monoisotopic (exact) mass is 401 g/mol. The molecule has 0 aliphatic rings. The number of non-ortho nitro benzene ring substituents is 1. The third-order valence-electron chi connectivity index (χ3n) is 3.74. The second kappa shape index (κ2) is 7.96. The summed E-state index contributed by atoms with van der Waals surface area (Å²) in [4.78, 5) is 37.6. The van der Waals surface area contributed by atoms with Crippen molar-refractivity contribution < 1.29 is 19.2 Å². The fourth-order valence-corrected chi connectivity index (χ4v) is 3.43. The van der Waals surface area contributed by atoms with Gasteiger partial charge in [-0.05, 0) is 18.2 Å². The zero-order chi connectivity index (χ0) is 20.3. The molecule has 0 saturated carbocycles. The molecule has 10 nitrogen and oxygen atoms in total. The van der Waals surface area contributed by atoms with Crippen molar-refractivity contribution in [2.24, 2.45) is 5.73 Å². The van der Waals surface area contributed by atoms with E-state index < -0.39 is 16.9 Å². The Morgan fingerprint density at radius 2 is 2.07 bits per heavy atom. The number of hydrogen-bond donors (Lipinski definition) is 2. The second-order valence-corrected chi connectivity index (χ2v) is 6.48. The molecule has 0 atom stereocenters. The first-order valence-corrected chi connectivity index (χ1v) is 8.91. The van der Waals surface area contributed by atoms with Gasteiger partial charge in [0, 0.05) is 12.1 Å². The van der Waals surface area contributed by atoms with E-state index in [4.69, 9.17) is 10.5 Å². The van der Waals surface area contributed by atoms with Gasteiger partial charge in [-0.3, -0.25) is 24.8 Å². The third kappa shape index (κ3) is 3.88. The fraction of sp³-hybridized carbons (Fsp3) is 0.118. The van der Waals surface area contributed by atoms with Crippen molar-refractivity contribution in [3.63, 3.8) is 0 Å². The predicted molar refractivity (Wildman–Crippen MR) is 103 cm³/mol.